The molecule has 1 aromatic rings. The van der Waals surface area contributed by atoms with Gasteiger partial charge in [-0.3, -0.25) is 0 Å². The largest absolute Gasteiger partial charge is 0.506 e. The third-order valence-electron chi connectivity index (χ3n) is 2.29. The predicted octanol–water partition coefficient (Wildman–Crippen LogP) is 1.62. The van der Waals surface area contributed by atoms with E-state index in [4.69, 9.17) is 15.6 Å². The first-order valence-corrected chi connectivity index (χ1v) is 5.91. The average Bonchev–Trinajstić information content (AvgIpc) is 2.27. The molecule has 7 heteroatoms. The summed E-state index contributed by atoms with van der Waals surface area (Å²) in [5.74, 6) is -1.42. The van der Waals surface area contributed by atoms with Crippen LogP contribution in [0, 0.1) is 0 Å². The summed E-state index contributed by atoms with van der Waals surface area (Å²) in [7, 11) is 0. The maximum Gasteiger partial charge on any atom is 0.408 e. The summed E-state index contributed by atoms with van der Waals surface area (Å²) in [5.41, 5.74) is 5.03. The van der Waals surface area contributed by atoms with E-state index in [9.17, 15) is 14.7 Å². The number of carbonyl (C=O) groups excluding carboxylic acids is 1. The zero-order chi connectivity index (χ0) is 15.5. The predicted molar refractivity (Wildman–Crippen MR) is 72.3 cm³/mol. The number of phenols is 1. The molecule has 0 saturated carbocycles. The van der Waals surface area contributed by atoms with E-state index in [1.54, 1.807) is 20.8 Å². The van der Waals surface area contributed by atoms with Gasteiger partial charge in [-0.15, -0.1) is 0 Å². The van der Waals surface area contributed by atoms with E-state index in [2.05, 4.69) is 5.32 Å². The third kappa shape index (κ3) is 4.34. The van der Waals surface area contributed by atoms with Crippen molar-refractivity contribution in [1.82, 2.24) is 5.32 Å². The number of nitrogens with two attached hydrogens (primary N) is 1. The molecule has 0 spiro atoms. The Morgan fingerprint density at radius 2 is 1.95 bits per heavy atom. The molecule has 5 N–H and O–H groups in total. The Morgan fingerprint density at radius 1 is 1.35 bits per heavy atom. The Morgan fingerprint density at radius 3 is 2.40 bits per heavy atom. The van der Waals surface area contributed by atoms with Gasteiger partial charge in [0.1, 0.15) is 11.4 Å². The number of alkyl carbamates (subject to hydrolysis) is 1. The lowest BCUT2D eigenvalue weighted by molar-refractivity contribution is -0.139. The molecule has 20 heavy (non-hydrogen) atoms. The summed E-state index contributed by atoms with van der Waals surface area (Å²) in [6, 6.07) is 2.60. The molecule has 0 radical (unpaired) electrons. The molecule has 1 amide bonds. The van der Waals surface area contributed by atoms with Crippen LogP contribution in [-0.2, 0) is 9.53 Å². The first-order chi connectivity index (χ1) is 9.10. The van der Waals surface area contributed by atoms with Gasteiger partial charge in [0.2, 0.25) is 0 Å². The SMILES string of the molecule is CC(C)(C)OC(=O)NC(C(=O)O)c1ccc(O)c(N)c1. The van der Waals surface area contributed by atoms with Gasteiger partial charge < -0.3 is 26.0 Å². The van der Waals surface area contributed by atoms with Crippen molar-refractivity contribution in [3.63, 3.8) is 0 Å². The summed E-state index contributed by atoms with van der Waals surface area (Å²) in [5, 5.41) is 20.7. The molecular weight excluding hydrogens is 264 g/mol. The van der Waals surface area contributed by atoms with E-state index < -0.39 is 23.7 Å². The van der Waals surface area contributed by atoms with Crippen molar-refractivity contribution in [3.8, 4) is 5.75 Å². The van der Waals surface area contributed by atoms with Crippen LogP contribution >= 0.6 is 0 Å². The zero-order valence-electron chi connectivity index (χ0n) is 11.5. The van der Waals surface area contributed by atoms with Crippen molar-refractivity contribution < 1.29 is 24.5 Å². The van der Waals surface area contributed by atoms with Gasteiger partial charge in [0, 0.05) is 0 Å². The summed E-state index contributed by atoms with van der Waals surface area (Å²) >= 11 is 0. The highest BCUT2D eigenvalue weighted by atomic mass is 16.6. The van der Waals surface area contributed by atoms with Crippen molar-refractivity contribution in [2.45, 2.75) is 32.4 Å². The Balaban J connectivity index is 2.92. The first-order valence-electron chi connectivity index (χ1n) is 5.91. The number of carboxylic acid groups (broad SMARTS) is 1. The van der Waals surface area contributed by atoms with Gasteiger partial charge in [-0.05, 0) is 38.5 Å². The number of hydrogen-bond donors (Lipinski definition) is 4. The highest BCUT2D eigenvalue weighted by Crippen LogP contribution is 2.24. The van der Waals surface area contributed by atoms with E-state index in [1.807, 2.05) is 0 Å². The van der Waals surface area contributed by atoms with Crippen LogP contribution in [-0.4, -0.2) is 27.9 Å². The molecule has 0 heterocycles. The molecule has 1 rings (SSSR count). The number of carbonyl (C=O) groups is 2. The summed E-state index contributed by atoms with van der Waals surface area (Å²) in [6.07, 6.45) is -0.850. The van der Waals surface area contributed by atoms with E-state index in [0.29, 0.717) is 0 Å². The average molecular weight is 282 g/mol. The monoisotopic (exact) mass is 282 g/mol. The standard InChI is InChI=1S/C13H18N2O5/c1-13(2,3)20-12(19)15-10(11(17)18)7-4-5-9(16)8(14)6-7/h4-6,10,16H,14H2,1-3H3,(H,15,19)(H,17,18). The lowest BCUT2D eigenvalue weighted by Gasteiger charge is -2.22. The van der Waals surface area contributed by atoms with Crippen LogP contribution in [0.25, 0.3) is 0 Å². The van der Waals surface area contributed by atoms with E-state index in [-0.39, 0.29) is 17.0 Å². The molecular formula is C13H18N2O5. The molecule has 0 aromatic heterocycles. The lowest BCUT2D eigenvalue weighted by atomic mass is 10.1. The van der Waals surface area contributed by atoms with Crippen molar-refractivity contribution >= 4 is 17.7 Å². The summed E-state index contributed by atoms with van der Waals surface area (Å²) in [4.78, 5) is 22.8. The second kappa shape index (κ2) is 5.68. The quantitative estimate of drug-likeness (QED) is 0.493. The Kier molecular flexibility index (Phi) is 4.44. The van der Waals surface area contributed by atoms with Crippen LogP contribution in [0.2, 0.25) is 0 Å². The topological polar surface area (TPSA) is 122 Å². The fraction of sp³-hybridized carbons (Fsp3) is 0.385. The van der Waals surface area contributed by atoms with Crippen molar-refractivity contribution in [3.05, 3.63) is 23.8 Å². The number of amides is 1. The normalized spacial score (nSPS) is 12.6. The number of benzene rings is 1. The minimum Gasteiger partial charge on any atom is -0.506 e. The number of ether oxygens (including phenoxy) is 1. The van der Waals surface area contributed by atoms with Gasteiger partial charge in [-0.25, -0.2) is 9.59 Å². The fourth-order valence-corrected chi connectivity index (χ4v) is 1.47. The van der Waals surface area contributed by atoms with Crippen LogP contribution in [0.4, 0.5) is 10.5 Å². The van der Waals surface area contributed by atoms with Crippen molar-refractivity contribution in [2.24, 2.45) is 0 Å². The van der Waals surface area contributed by atoms with Crippen LogP contribution in [0.5, 0.6) is 5.75 Å². The van der Waals surface area contributed by atoms with Gasteiger partial charge in [-0.2, -0.15) is 0 Å². The maximum absolute atomic E-state index is 11.6. The molecule has 0 fully saturated rings. The van der Waals surface area contributed by atoms with Gasteiger partial charge in [-0.1, -0.05) is 6.07 Å². The number of aliphatic carboxylic acids is 1. The molecule has 0 aliphatic rings. The van der Waals surface area contributed by atoms with Gasteiger partial charge >= 0.3 is 12.1 Å². The van der Waals surface area contributed by atoms with Gasteiger partial charge in [0.05, 0.1) is 5.69 Å². The number of nitrogens with one attached hydrogen (secondary N) is 1. The minimum atomic E-state index is -1.31. The Bertz CT molecular complexity index is 522. The number of nitrogen functional groups attached to an aromatic ring is 1. The molecule has 0 aliphatic heterocycles. The van der Waals surface area contributed by atoms with Gasteiger partial charge in [0.25, 0.3) is 0 Å². The van der Waals surface area contributed by atoms with Crippen LogP contribution in [0.3, 0.4) is 0 Å². The summed E-state index contributed by atoms with van der Waals surface area (Å²) in [6.45, 7) is 5.00. The number of aromatic hydroxyl groups is 1. The Labute approximate surface area is 116 Å². The van der Waals surface area contributed by atoms with Crippen molar-refractivity contribution in [1.29, 1.82) is 0 Å². The zero-order valence-corrected chi connectivity index (χ0v) is 11.5. The molecule has 1 atom stereocenters. The minimum absolute atomic E-state index is 0.0275. The third-order valence-corrected chi connectivity index (χ3v) is 2.29. The lowest BCUT2D eigenvalue weighted by Crippen LogP contribution is -2.38. The van der Waals surface area contributed by atoms with Crippen LogP contribution in [0.1, 0.15) is 32.4 Å². The molecule has 0 saturated heterocycles. The second-order valence-electron chi connectivity index (χ2n) is 5.24. The maximum atomic E-state index is 11.6. The number of carboxylic acids is 1. The molecule has 0 bridgehead atoms. The number of rotatable bonds is 3. The second-order valence-corrected chi connectivity index (χ2v) is 5.24. The molecule has 1 unspecified atom stereocenters. The van der Waals surface area contributed by atoms with E-state index >= 15 is 0 Å². The number of anilines is 1. The van der Waals surface area contributed by atoms with Crippen LogP contribution < -0.4 is 11.1 Å². The highest BCUT2D eigenvalue weighted by Gasteiger charge is 2.25. The van der Waals surface area contributed by atoms with Crippen molar-refractivity contribution in [2.75, 3.05) is 5.73 Å². The fourth-order valence-electron chi connectivity index (χ4n) is 1.47. The first kappa shape index (κ1) is 15.6. The molecule has 110 valence electrons. The van der Waals surface area contributed by atoms with E-state index in [0.717, 1.165) is 0 Å². The number of phenolic OH excluding ortho intramolecular Hbond substituents is 1. The van der Waals surface area contributed by atoms with Gasteiger partial charge in [0.15, 0.2) is 6.04 Å². The van der Waals surface area contributed by atoms with Crippen LogP contribution in [0.15, 0.2) is 18.2 Å². The smallest absolute Gasteiger partial charge is 0.408 e. The summed E-state index contributed by atoms with van der Waals surface area (Å²) < 4.78 is 5.00. The molecule has 0 aliphatic carbocycles. The molecule has 7 nitrogen and oxygen atoms in total. The molecule has 1 aromatic carbocycles. The Hall–Kier alpha value is -2.44. The highest BCUT2D eigenvalue weighted by molar-refractivity contribution is 5.82. The number of hydrogen-bond acceptors (Lipinski definition) is 5. The van der Waals surface area contributed by atoms with E-state index in [1.165, 1.54) is 18.2 Å².